The Hall–Kier alpha value is -3.84. The van der Waals surface area contributed by atoms with E-state index in [1.165, 1.54) is 57.8 Å². The van der Waals surface area contributed by atoms with Crippen molar-refractivity contribution in [1.29, 1.82) is 0 Å². The Balaban J connectivity index is 2.68. The number of carboxylic acid groups (broad SMARTS) is 1. The Morgan fingerprint density at radius 2 is 0.827 bits per heavy atom. The van der Waals surface area contributed by atoms with Crippen LogP contribution in [0.5, 0.6) is 0 Å². The molecule has 1 saturated heterocycles. The van der Waals surface area contributed by atoms with Gasteiger partial charge in [0, 0.05) is 19.3 Å². The van der Waals surface area contributed by atoms with Crippen molar-refractivity contribution in [2.75, 3.05) is 13.2 Å². The maximum absolute atomic E-state index is 13.1. The van der Waals surface area contributed by atoms with Crippen molar-refractivity contribution in [1.82, 2.24) is 0 Å². The van der Waals surface area contributed by atoms with Crippen LogP contribution >= 0.6 is 0 Å². The minimum atomic E-state index is -1.91. The molecule has 1 fully saturated rings. The second-order valence-electron chi connectivity index (χ2n) is 20.3. The van der Waals surface area contributed by atoms with Gasteiger partial charge in [-0.25, -0.2) is 4.79 Å². The van der Waals surface area contributed by atoms with Crippen LogP contribution < -0.4 is 0 Å². The predicted octanol–water partition coefficient (Wildman–Crippen LogP) is 15.3. The van der Waals surface area contributed by atoms with E-state index in [0.29, 0.717) is 19.3 Å². The van der Waals surface area contributed by atoms with E-state index in [0.717, 1.165) is 135 Å². The zero-order chi connectivity index (χ0) is 54.7. The number of hydrogen-bond acceptors (Lipinski definition) is 11. The van der Waals surface area contributed by atoms with Gasteiger partial charge in [0.2, 0.25) is 0 Å². The third-order valence-electron chi connectivity index (χ3n) is 13.2. The smallest absolute Gasteiger partial charge is 0.335 e. The van der Waals surface area contributed by atoms with Crippen LogP contribution in [0.15, 0.2) is 72.9 Å². The molecule has 3 N–H and O–H groups in total. The predicted molar refractivity (Wildman–Crippen MR) is 303 cm³/mol. The van der Waals surface area contributed by atoms with Gasteiger partial charge < -0.3 is 39.0 Å². The van der Waals surface area contributed by atoms with Gasteiger partial charge in [-0.2, -0.15) is 0 Å². The Morgan fingerprint density at radius 1 is 0.440 bits per heavy atom. The Bertz CT molecular complexity index is 1580. The topological polar surface area (TPSA) is 175 Å². The molecule has 430 valence electrons. The number of esters is 3. The molecule has 1 heterocycles. The van der Waals surface area contributed by atoms with Gasteiger partial charge in [0.15, 0.2) is 24.6 Å². The first-order valence-electron chi connectivity index (χ1n) is 29.9. The van der Waals surface area contributed by atoms with Crippen molar-refractivity contribution >= 4 is 23.9 Å². The lowest BCUT2D eigenvalue weighted by molar-refractivity contribution is -0.301. The highest BCUT2D eigenvalue weighted by molar-refractivity contribution is 5.74. The molecule has 1 aliphatic rings. The molecule has 0 aromatic heterocycles. The molecule has 0 bridgehead atoms. The van der Waals surface area contributed by atoms with Crippen LogP contribution in [-0.2, 0) is 42.9 Å². The standard InChI is InChI=1S/C63H106O12/c1-4-7-10-13-16-19-22-25-26-27-28-29-30-33-34-37-40-43-46-49-55(64)71-52-54(73-56(65)50-47-44-41-38-35-31-23-20-17-14-11-8-5-2)53-72-63-61(59(68)58(67)60(75-63)62(69)70)74-57(66)51-48-45-42-39-36-32-24-21-18-15-12-9-6-3/h11-12,14-16,19-21,23-26,54,58-61,63,67-68H,4-10,13,17-18,22,27-53H2,1-3H3,(H,69,70)/b14-11-,15-12-,19-16-,23-20-,24-21-,26-25-. The highest BCUT2D eigenvalue weighted by Crippen LogP contribution is 2.26. The molecule has 0 aromatic carbocycles. The quantitative estimate of drug-likeness (QED) is 0.0228. The molecule has 0 aliphatic carbocycles. The summed E-state index contributed by atoms with van der Waals surface area (Å²) < 4.78 is 28.4. The second kappa shape index (κ2) is 50.9. The summed E-state index contributed by atoms with van der Waals surface area (Å²) in [6.45, 7) is 5.82. The minimum Gasteiger partial charge on any atom is -0.479 e. The number of carboxylic acids is 1. The SMILES string of the molecule is CCC/C=C\C/C=C\CCCCCCCC(=O)OC(COC(=O)CCCCCCCCCCC/C=C\C/C=C\CCCCC)COC1OC(C(=O)O)C(O)C(O)C1OC(=O)CCCCCCC/C=C\C/C=C\CCC. The lowest BCUT2D eigenvalue weighted by Crippen LogP contribution is -2.61. The number of carbonyl (C=O) groups excluding carboxylic acids is 3. The molecular weight excluding hydrogens is 949 g/mol. The fraction of sp³-hybridized carbons (Fsp3) is 0.746. The lowest BCUT2D eigenvalue weighted by atomic mass is 9.98. The number of hydrogen-bond donors (Lipinski definition) is 3. The normalized spacial score (nSPS) is 18.7. The van der Waals surface area contributed by atoms with E-state index < -0.39 is 67.3 Å². The first-order valence-corrected chi connectivity index (χ1v) is 29.9. The van der Waals surface area contributed by atoms with E-state index in [2.05, 4.69) is 93.7 Å². The largest absolute Gasteiger partial charge is 0.479 e. The maximum Gasteiger partial charge on any atom is 0.335 e. The van der Waals surface area contributed by atoms with E-state index in [-0.39, 0.29) is 25.9 Å². The summed E-state index contributed by atoms with van der Waals surface area (Å²) in [5.74, 6) is -3.16. The molecule has 1 aliphatic heterocycles. The highest BCUT2D eigenvalue weighted by Gasteiger charge is 2.50. The monoisotopic (exact) mass is 1050 g/mol. The molecule has 0 saturated carbocycles. The average Bonchev–Trinajstić information content (AvgIpc) is 3.39. The van der Waals surface area contributed by atoms with Gasteiger partial charge in [0.25, 0.3) is 0 Å². The van der Waals surface area contributed by atoms with E-state index in [1.807, 2.05) is 0 Å². The van der Waals surface area contributed by atoms with Crippen LogP contribution in [0.4, 0.5) is 0 Å². The first kappa shape index (κ1) is 69.2. The van der Waals surface area contributed by atoms with E-state index in [9.17, 15) is 34.5 Å². The number of ether oxygens (including phenoxy) is 5. The molecule has 6 unspecified atom stereocenters. The molecule has 75 heavy (non-hydrogen) atoms. The molecule has 12 nitrogen and oxygen atoms in total. The molecule has 0 spiro atoms. The molecule has 12 heteroatoms. The lowest BCUT2D eigenvalue weighted by Gasteiger charge is -2.40. The van der Waals surface area contributed by atoms with Crippen molar-refractivity contribution in [3.8, 4) is 0 Å². The van der Waals surface area contributed by atoms with Crippen molar-refractivity contribution in [2.24, 2.45) is 0 Å². The van der Waals surface area contributed by atoms with Gasteiger partial charge in [-0.3, -0.25) is 14.4 Å². The summed E-state index contributed by atoms with van der Waals surface area (Å²) in [4.78, 5) is 51.1. The van der Waals surface area contributed by atoms with Crippen LogP contribution in [0.3, 0.4) is 0 Å². The summed E-state index contributed by atoms with van der Waals surface area (Å²) in [6.07, 6.45) is 51.6. The summed E-state index contributed by atoms with van der Waals surface area (Å²) in [5.41, 5.74) is 0. The minimum absolute atomic E-state index is 0.0406. The number of aliphatic hydroxyl groups is 2. The first-order chi connectivity index (χ1) is 36.6. The van der Waals surface area contributed by atoms with Crippen LogP contribution in [0.25, 0.3) is 0 Å². The number of unbranched alkanes of at least 4 members (excludes halogenated alkanes) is 24. The van der Waals surface area contributed by atoms with Crippen LogP contribution in [0.1, 0.15) is 252 Å². The number of rotatable bonds is 50. The zero-order valence-corrected chi connectivity index (χ0v) is 47.3. The molecular formula is C63H106O12. The van der Waals surface area contributed by atoms with E-state index in [4.69, 9.17) is 23.7 Å². The zero-order valence-electron chi connectivity index (χ0n) is 47.3. The Labute approximate surface area is 455 Å². The number of carbonyl (C=O) groups is 4. The fourth-order valence-electron chi connectivity index (χ4n) is 8.59. The van der Waals surface area contributed by atoms with Crippen LogP contribution in [0.2, 0.25) is 0 Å². The number of allylic oxidation sites excluding steroid dienone is 12. The molecule has 0 amide bonds. The van der Waals surface area contributed by atoms with E-state index >= 15 is 0 Å². The fourth-order valence-corrected chi connectivity index (χ4v) is 8.59. The number of aliphatic hydroxyl groups excluding tert-OH is 2. The summed E-state index contributed by atoms with van der Waals surface area (Å²) >= 11 is 0. The molecule has 6 atom stereocenters. The van der Waals surface area contributed by atoms with Gasteiger partial charge >= 0.3 is 23.9 Å². The summed E-state index contributed by atoms with van der Waals surface area (Å²) in [6, 6.07) is 0. The number of aliphatic carboxylic acids is 1. The summed E-state index contributed by atoms with van der Waals surface area (Å²) in [7, 11) is 0. The van der Waals surface area contributed by atoms with Gasteiger partial charge in [0.05, 0.1) is 6.61 Å². The second-order valence-corrected chi connectivity index (χ2v) is 20.3. The third kappa shape index (κ3) is 41.0. The maximum atomic E-state index is 13.1. The molecule has 0 aromatic rings. The Morgan fingerprint density at radius 3 is 1.25 bits per heavy atom. The van der Waals surface area contributed by atoms with Crippen molar-refractivity contribution in [3.63, 3.8) is 0 Å². The van der Waals surface area contributed by atoms with Gasteiger partial charge in [-0.1, -0.05) is 203 Å². The van der Waals surface area contributed by atoms with E-state index in [1.54, 1.807) is 0 Å². The van der Waals surface area contributed by atoms with Crippen molar-refractivity contribution < 1.29 is 58.2 Å². The van der Waals surface area contributed by atoms with Gasteiger partial charge in [-0.15, -0.1) is 0 Å². The van der Waals surface area contributed by atoms with Gasteiger partial charge in [0.1, 0.15) is 18.8 Å². The highest BCUT2D eigenvalue weighted by atomic mass is 16.7. The van der Waals surface area contributed by atoms with Gasteiger partial charge in [-0.05, 0) is 103 Å². The van der Waals surface area contributed by atoms with Crippen LogP contribution in [0, 0.1) is 0 Å². The molecule has 0 radical (unpaired) electrons. The van der Waals surface area contributed by atoms with Crippen LogP contribution in [-0.4, -0.2) is 89.2 Å². The van der Waals surface area contributed by atoms with Crippen molar-refractivity contribution in [3.05, 3.63) is 72.9 Å². The molecule has 1 rings (SSSR count). The van der Waals surface area contributed by atoms with Crippen molar-refractivity contribution in [2.45, 2.75) is 289 Å². The summed E-state index contributed by atoms with van der Waals surface area (Å²) in [5, 5.41) is 31.5. The third-order valence-corrected chi connectivity index (χ3v) is 13.2. The average molecular weight is 1060 g/mol. The Kier molecular flexibility index (Phi) is 47.0.